The molecule has 1 heterocycles. The van der Waals surface area contributed by atoms with Crippen LogP contribution in [0.2, 0.25) is 0 Å². The second-order valence-electron chi connectivity index (χ2n) is 6.07. The fraction of sp³-hybridized carbons (Fsp3) is 0.867. The van der Waals surface area contributed by atoms with Crippen LogP contribution in [0.25, 0.3) is 0 Å². The lowest BCUT2D eigenvalue weighted by molar-refractivity contribution is -0.128. The molecule has 0 atom stereocenters. The summed E-state index contributed by atoms with van der Waals surface area (Å²) in [5.41, 5.74) is 5.35. The number of carbonyl (C=O) groups is 1. The largest absolute Gasteiger partial charge is 0.392 e. The van der Waals surface area contributed by atoms with E-state index in [0.717, 1.165) is 45.3 Å². The molecule has 1 aliphatic carbocycles. The molecule has 21 heavy (non-hydrogen) atoms. The van der Waals surface area contributed by atoms with E-state index in [1.807, 2.05) is 11.8 Å². The van der Waals surface area contributed by atoms with Gasteiger partial charge in [0.1, 0.15) is 0 Å². The molecular formula is C15H27N3OS2. The molecule has 1 saturated carbocycles. The molecule has 1 saturated heterocycles. The van der Waals surface area contributed by atoms with Crippen molar-refractivity contribution < 1.29 is 4.79 Å². The zero-order valence-electron chi connectivity index (χ0n) is 12.7. The number of hydrogen-bond acceptors (Lipinski definition) is 4. The minimum Gasteiger partial charge on any atom is -0.392 e. The molecule has 3 N–H and O–H groups in total. The number of nitrogens with two attached hydrogens (primary N) is 1. The number of nitrogens with zero attached hydrogens (tertiary/aromatic N) is 1. The minimum atomic E-state index is -0.594. The number of amides is 1. The molecule has 0 aromatic rings. The van der Waals surface area contributed by atoms with Gasteiger partial charge in [-0.3, -0.25) is 9.69 Å². The van der Waals surface area contributed by atoms with Crippen molar-refractivity contribution in [2.24, 2.45) is 11.1 Å². The molecule has 2 rings (SSSR count). The summed E-state index contributed by atoms with van der Waals surface area (Å²) >= 11 is 7.25. The van der Waals surface area contributed by atoms with E-state index in [4.69, 9.17) is 18.0 Å². The summed E-state index contributed by atoms with van der Waals surface area (Å²) in [6, 6.07) is 0. The van der Waals surface area contributed by atoms with E-state index in [1.54, 1.807) is 0 Å². The monoisotopic (exact) mass is 329 g/mol. The lowest BCUT2D eigenvalue weighted by atomic mass is 9.79. The zero-order chi connectivity index (χ0) is 15.1. The topological polar surface area (TPSA) is 58.4 Å². The van der Waals surface area contributed by atoms with Gasteiger partial charge in [-0.25, -0.2) is 0 Å². The average molecular weight is 330 g/mol. The summed E-state index contributed by atoms with van der Waals surface area (Å²) in [6.07, 6.45) is 6.09. The van der Waals surface area contributed by atoms with Crippen molar-refractivity contribution in [3.8, 4) is 0 Å². The maximum absolute atomic E-state index is 12.7. The Hall–Kier alpha value is -0.330. The van der Waals surface area contributed by atoms with Gasteiger partial charge in [-0.15, -0.1) is 0 Å². The summed E-state index contributed by atoms with van der Waals surface area (Å²) in [5, 5.41) is 3.09. The van der Waals surface area contributed by atoms with Crippen LogP contribution >= 0.6 is 24.0 Å². The van der Waals surface area contributed by atoms with E-state index in [1.165, 1.54) is 24.3 Å². The first-order valence-electron chi connectivity index (χ1n) is 8.03. The predicted octanol–water partition coefficient (Wildman–Crippen LogP) is 1.78. The number of thioether (sulfide) groups is 1. The van der Waals surface area contributed by atoms with Crippen molar-refractivity contribution in [3.05, 3.63) is 0 Å². The first-order chi connectivity index (χ1) is 10.1. The Labute approximate surface area is 137 Å². The van der Waals surface area contributed by atoms with Gasteiger partial charge in [0.15, 0.2) is 0 Å². The van der Waals surface area contributed by atoms with E-state index in [9.17, 15) is 4.79 Å². The van der Waals surface area contributed by atoms with Crippen molar-refractivity contribution >= 4 is 34.9 Å². The van der Waals surface area contributed by atoms with Crippen molar-refractivity contribution in [1.29, 1.82) is 0 Å². The van der Waals surface area contributed by atoms with Crippen molar-refractivity contribution in [2.45, 2.75) is 38.5 Å². The maximum Gasteiger partial charge on any atom is 0.233 e. The SMILES string of the molecule is NC(=S)C1(C(=O)NCCN2CCSCC2)CCCCCC1. The van der Waals surface area contributed by atoms with Crippen molar-refractivity contribution in [3.63, 3.8) is 0 Å². The molecule has 1 amide bonds. The van der Waals surface area contributed by atoms with Crippen LogP contribution in [-0.4, -0.2) is 53.5 Å². The summed E-state index contributed by atoms with van der Waals surface area (Å²) in [4.78, 5) is 15.5. The van der Waals surface area contributed by atoms with Crippen LogP contribution in [0.15, 0.2) is 0 Å². The first kappa shape index (κ1) is 17.0. The van der Waals surface area contributed by atoms with E-state index in [-0.39, 0.29) is 5.91 Å². The number of carbonyl (C=O) groups excluding carboxylic acids is 1. The van der Waals surface area contributed by atoms with Gasteiger partial charge in [-0.1, -0.05) is 37.9 Å². The smallest absolute Gasteiger partial charge is 0.233 e. The highest BCUT2D eigenvalue weighted by molar-refractivity contribution is 7.99. The summed E-state index contributed by atoms with van der Waals surface area (Å²) in [6.45, 7) is 3.88. The van der Waals surface area contributed by atoms with E-state index in [0.29, 0.717) is 11.5 Å². The quantitative estimate of drug-likeness (QED) is 0.595. The Bertz CT molecular complexity index is 362. The normalized spacial score (nSPS) is 23.2. The van der Waals surface area contributed by atoms with Gasteiger partial charge in [0.2, 0.25) is 5.91 Å². The maximum atomic E-state index is 12.7. The van der Waals surface area contributed by atoms with Gasteiger partial charge in [-0.05, 0) is 12.8 Å². The second kappa shape index (κ2) is 8.34. The molecule has 1 aliphatic heterocycles. The summed E-state index contributed by atoms with van der Waals surface area (Å²) < 4.78 is 0. The molecule has 0 aromatic heterocycles. The number of nitrogens with one attached hydrogen (secondary N) is 1. The lowest BCUT2D eigenvalue weighted by Crippen LogP contribution is -2.50. The van der Waals surface area contributed by atoms with Crippen LogP contribution in [0, 0.1) is 5.41 Å². The summed E-state index contributed by atoms with van der Waals surface area (Å²) in [7, 11) is 0. The molecule has 2 aliphatic rings. The molecule has 0 aromatic carbocycles. The number of hydrogen-bond donors (Lipinski definition) is 2. The van der Waals surface area contributed by atoms with Gasteiger partial charge in [0.25, 0.3) is 0 Å². The Morgan fingerprint density at radius 3 is 2.38 bits per heavy atom. The highest BCUT2D eigenvalue weighted by Crippen LogP contribution is 2.35. The third-order valence-corrected chi connectivity index (χ3v) is 6.01. The van der Waals surface area contributed by atoms with Gasteiger partial charge in [0, 0.05) is 37.7 Å². The predicted molar refractivity (Wildman–Crippen MR) is 93.7 cm³/mol. The molecule has 2 fully saturated rings. The highest BCUT2D eigenvalue weighted by atomic mass is 32.2. The lowest BCUT2D eigenvalue weighted by Gasteiger charge is -2.31. The minimum absolute atomic E-state index is 0.0586. The first-order valence-corrected chi connectivity index (χ1v) is 9.60. The van der Waals surface area contributed by atoms with Crippen LogP contribution in [0.5, 0.6) is 0 Å². The second-order valence-corrected chi connectivity index (χ2v) is 7.74. The summed E-state index contributed by atoms with van der Waals surface area (Å²) in [5.74, 6) is 2.46. The van der Waals surface area contributed by atoms with Gasteiger partial charge < -0.3 is 11.1 Å². The van der Waals surface area contributed by atoms with Crippen molar-refractivity contribution in [2.75, 3.05) is 37.7 Å². The Morgan fingerprint density at radius 1 is 1.19 bits per heavy atom. The van der Waals surface area contributed by atoms with E-state index in [2.05, 4.69) is 10.2 Å². The number of rotatable bonds is 5. The van der Waals surface area contributed by atoms with Crippen LogP contribution < -0.4 is 11.1 Å². The molecule has 0 spiro atoms. The molecule has 0 radical (unpaired) electrons. The van der Waals surface area contributed by atoms with Gasteiger partial charge in [-0.2, -0.15) is 11.8 Å². The number of thiocarbonyl (C=S) groups is 1. The molecule has 4 nitrogen and oxygen atoms in total. The Kier molecular flexibility index (Phi) is 6.76. The fourth-order valence-corrected chi connectivity index (χ4v) is 4.51. The van der Waals surface area contributed by atoms with Gasteiger partial charge in [0.05, 0.1) is 10.4 Å². The van der Waals surface area contributed by atoms with Crippen LogP contribution in [0.1, 0.15) is 38.5 Å². The van der Waals surface area contributed by atoms with Crippen LogP contribution in [0.3, 0.4) is 0 Å². The highest BCUT2D eigenvalue weighted by Gasteiger charge is 2.41. The molecule has 120 valence electrons. The third-order valence-electron chi connectivity index (χ3n) is 4.68. The van der Waals surface area contributed by atoms with Crippen molar-refractivity contribution in [1.82, 2.24) is 10.2 Å². The van der Waals surface area contributed by atoms with Gasteiger partial charge >= 0.3 is 0 Å². The fourth-order valence-electron chi connectivity index (χ4n) is 3.24. The van der Waals surface area contributed by atoms with E-state index < -0.39 is 5.41 Å². The molecular weight excluding hydrogens is 302 g/mol. The average Bonchev–Trinajstić information content (AvgIpc) is 2.75. The molecule has 6 heteroatoms. The third kappa shape index (κ3) is 4.57. The van der Waals surface area contributed by atoms with Crippen LogP contribution in [-0.2, 0) is 4.79 Å². The Morgan fingerprint density at radius 2 is 1.81 bits per heavy atom. The standard InChI is InChI=1S/C15H27N3OS2/c16-13(20)15(5-3-1-2-4-6-15)14(19)17-7-8-18-9-11-21-12-10-18/h1-12H2,(H2,16,20)(H,17,19). The van der Waals surface area contributed by atoms with Crippen LogP contribution in [0.4, 0.5) is 0 Å². The Balaban J connectivity index is 1.84. The van der Waals surface area contributed by atoms with E-state index >= 15 is 0 Å². The zero-order valence-corrected chi connectivity index (χ0v) is 14.4. The molecule has 0 bridgehead atoms. The molecule has 0 unspecified atom stereocenters.